The average molecular weight is 316 g/mol. The summed E-state index contributed by atoms with van der Waals surface area (Å²) in [6.45, 7) is -0.514. The van der Waals surface area contributed by atoms with E-state index >= 15 is 0 Å². The van der Waals surface area contributed by atoms with Crippen LogP contribution in [0, 0.1) is 17.5 Å². The second-order valence-electron chi connectivity index (χ2n) is 4.25. The molecule has 112 valence electrons. The van der Waals surface area contributed by atoms with E-state index in [2.05, 4.69) is 0 Å². The molecule has 0 atom stereocenters. The summed E-state index contributed by atoms with van der Waals surface area (Å²) >= 11 is 0. The van der Waals surface area contributed by atoms with Crippen LogP contribution in [0.15, 0.2) is 41.3 Å². The standard InChI is InChI=1S/C13H11F3N2O2S/c14-9-1-3-11(15)8(5-9)7-18-21(19,20)13-6-10(17)2-4-12(13)16/h1-6,18H,7,17H2. The largest absolute Gasteiger partial charge is 0.399 e. The smallest absolute Gasteiger partial charge is 0.243 e. The Morgan fingerprint density at radius 2 is 1.67 bits per heavy atom. The number of nitrogen functional groups attached to an aromatic ring is 1. The van der Waals surface area contributed by atoms with Crippen molar-refractivity contribution in [2.75, 3.05) is 5.73 Å². The molecule has 0 bridgehead atoms. The minimum Gasteiger partial charge on any atom is -0.399 e. The summed E-state index contributed by atoms with van der Waals surface area (Å²) in [6.07, 6.45) is 0. The third-order valence-electron chi connectivity index (χ3n) is 2.71. The number of halogens is 3. The van der Waals surface area contributed by atoms with Gasteiger partial charge in [-0.05, 0) is 36.4 Å². The maximum Gasteiger partial charge on any atom is 0.243 e. The molecule has 8 heteroatoms. The topological polar surface area (TPSA) is 72.2 Å². The van der Waals surface area contributed by atoms with E-state index in [0.29, 0.717) is 0 Å². The van der Waals surface area contributed by atoms with E-state index in [4.69, 9.17) is 5.73 Å². The molecule has 21 heavy (non-hydrogen) atoms. The number of benzene rings is 2. The molecule has 0 saturated carbocycles. The molecular formula is C13H11F3N2O2S. The highest BCUT2D eigenvalue weighted by Gasteiger charge is 2.19. The molecule has 0 radical (unpaired) electrons. The number of anilines is 1. The molecule has 0 heterocycles. The second-order valence-corrected chi connectivity index (χ2v) is 5.99. The van der Waals surface area contributed by atoms with Crippen molar-refractivity contribution >= 4 is 15.7 Å². The molecule has 2 aromatic carbocycles. The zero-order valence-corrected chi connectivity index (χ0v) is 11.4. The van der Waals surface area contributed by atoms with Crippen LogP contribution in [0.3, 0.4) is 0 Å². The third kappa shape index (κ3) is 3.53. The van der Waals surface area contributed by atoms with Gasteiger partial charge in [-0.25, -0.2) is 26.3 Å². The van der Waals surface area contributed by atoms with Gasteiger partial charge in [-0.15, -0.1) is 0 Å². The van der Waals surface area contributed by atoms with Gasteiger partial charge in [-0.2, -0.15) is 0 Å². The van der Waals surface area contributed by atoms with Crippen LogP contribution in [0.4, 0.5) is 18.9 Å². The highest BCUT2D eigenvalue weighted by atomic mass is 32.2. The fourth-order valence-corrected chi connectivity index (χ4v) is 2.77. The second kappa shape index (κ2) is 5.74. The van der Waals surface area contributed by atoms with Crippen LogP contribution in [0.25, 0.3) is 0 Å². The maximum atomic E-state index is 13.5. The molecule has 0 fully saturated rings. The quantitative estimate of drug-likeness (QED) is 0.849. The molecule has 0 aliphatic carbocycles. The minimum absolute atomic E-state index is 0.0636. The van der Waals surface area contributed by atoms with Crippen LogP contribution < -0.4 is 10.5 Å². The molecule has 0 aromatic heterocycles. The van der Waals surface area contributed by atoms with Crippen LogP contribution in [0.2, 0.25) is 0 Å². The predicted molar refractivity (Wildman–Crippen MR) is 71.2 cm³/mol. The number of hydrogen-bond donors (Lipinski definition) is 2. The first-order chi connectivity index (χ1) is 9.79. The molecule has 0 amide bonds. The van der Waals surface area contributed by atoms with Crippen LogP contribution in [-0.4, -0.2) is 8.42 Å². The minimum atomic E-state index is -4.24. The molecule has 0 spiro atoms. The lowest BCUT2D eigenvalue weighted by Gasteiger charge is -2.09. The molecule has 4 nitrogen and oxygen atoms in total. The summed E-state index contributed by atoms with van der Waals surface area (Å²) in [6, 6.07) is 5.70. The van der Waals surface area contributed by atoms with Gasteiger partial charge in [0.15, 0.2) is 0 Å². The number of nitrogens with one attached hydrogen (secondary N) is 1. The van der Waals surface area contributed by atoms with Gasteiger partial charge in [0, 0.05) is 17.8 Å². The van der Waals surface area contributed by atoms with Crippen molar-refractivity contribution < 1.29 is 21.6 Å². The Morgan fingerprint density at radius 1 is 1.00 bits per heavy atom. The fraction of sp³-hybridized carbons (Fsp3) is 0.0769. The summed E-state index contributed by atoms with van der Waals surface area (Å²) in [5.74, 6) is -2.47. The number of rotatable bonds is 4. The van der Waals surface area contributed by atoms with Crippen molar-refractivity contribution in [1.82, 2.24) is 4.72 Å². The first-order valence-corrected chi connectivity index (χ1v) is 7.26. The van der Waals surface area contributed by atoms with Crippen molar-refractivity contribution in [1.29, 1.82) is 0 Å². The van der Waals surface area contributed by atoms with E-state index in [0.717, 1.165) is 30.3 Å². The Hall–Kier alpha value is -2.06. The molecular weight excluding hydrogens is 305 g/mol. The number of sulfonamides is 1. The van der Waals surface area contributed by atoms with E-state index in [1.165, 1.54) is 6.07 Å². The third-order valence-corrected chi connectivity index (χ3v) is 4.12. The Kier molecular flexibility index (Phi) is 4.19. The lowest BCUT2D eigenvalue weighted by Crippen LogP contribution is -2.25. The molecule has 2 rings (SSSR count). The Morgan fingerprint density at radius 3 is 2.38 bits per heavy atom. The SMILES string of the molecule is Nc1ccc(F)c(S(=O)(=O)NCc2cc(F)ccc2F)c1. The summed E-state index contributed by atoms with van der Waals surface area (Å²) in [5.41, 5.74) is 5.28. The zero-order chi connectivity index (χ0) is 15.6. The normalized spacial score (nSPS) is 11.6. The van der Waals surface area contributed by atoms with Crippen LogP contribution in [-0.2, 0) is 16.6 Å². The summed E-state index contributed by atoms with van der Waals surface area (Å²) < 4.78 is 65.8. The lowest BCUT2D eigenvalue weighted by molar-refractivity contribution is 0.551. The van der Waals surface area contributed by atoms with Crippen LogP contribution in [0.5, 0.6) is 0 Å². The van der Waals surface area contributed by atoms with Crippen LogP contribution in [0.1, 0.15) is 5.56 Å². The molecule has 0 saturated heterocycles. The first kappa shape index (κ1) is 15.3. The fourth-order valence-electron chi connectivity index (χ4n) is 1.66. The first-order valence-electron chi connectivity index (χ1n) is 5.78. The van der Waals surface area contributed by atoms with E-state index in [1.807, 2.05) is 4.72 Å². The zero-order valence-electron chi connectivity index (χ0n) is 10.6. The Bertz CT molecular complexity index is 779. The van der Waals surface area contributed by atoms with Gasteiger partial charge in [0.05, 0.1) is 0 Å². The molecule has 2 aromatic rings. The van der Waals surface area contributed by atoms with Gasteiger partial charge in [-0.1, -0.05) is 0 Å². The van der Waals surface area contributed by atoms with Crippen LogP contribution >= 0.6 is 0 Å². The van der Waals surface area contributed by atoms with E-state index in [9.17, 15) is 21.6 Å². The van der Waals surface area contributed by atoms with Crippen molar-refractivity contribution in [3.63, 3.8) is 0 Å². The summed E-state index contributed by atoms with van der Waals surface area (Å²) in [7, 11) is -4.24. The van der Waals surface area contributed by atoms with Crippen molar-refractivity contribution in [2.45, 2.75) is 11.4 Å². The molecule has 3 N–H and O–H groups in total. The highest BCUT2D eigenvalue weighted by molar-refractivity contribution is 7.89. The van der Waals surface area contributed by atoms with Crippen molar-refractivity contribution in [3.8, 4) is 0 Å². The van der Waals surface area contributed by atoms with Gasteiger partial charge < -0.3 is 5.73 Å². The number of nitrogens with two attached hydrogens (primary N) is 1. The van der Waals surface area contributed by atoms with Crippen molar-refractivity contribution in [2.24, 2.45) is 0 Å². The summed E-state index contributed by atoms with van der Waals surface area (Å²) in [5, 5.41) is 0. The van der Waals surface area contributed by atoms with Gasteiger partial charge in [0.25, 0.3) is 0 Å². The molecule has 0 aliphatic heterocycles. The Balaban J connectivity index is 2.26. The van der Waals surface area contributed by atoms with Gasteiger partial charge >= 0.3 is 0 Å². The average Bonchev–Trinajstić information content (AvgIpc) is 2.42. The highest BCUT2D eigenvalue weighted by Crippen LogP contribution is 2.18. The maximum absolute atomic E-state index is 13.5. The monoisotopic (exact) mass is 316 g/mol. The van der Waals surface area contributed by atoms with E-state index in [1.54, 1.807) is 0 Å². The Labute approximate surface area is 119 Å². The molecule has 0 aliphatic rings. The van der Waals surface area contributed by atoms with Crippen molar-refractivity contribution in [3.05, 3.63) is 59.4 Å². The summed E-state index contributed by atoms with van der Waals surface area (Å²) in [4.78, 5) is -0.653. The molecule has 0 unspecified atom stereocenters. The van der Waals surface area contributed by atoms with Gasteiger partial charge in [-0.3, -0.25) is 0 Å². The van der Waals surface area contributed by atoms with Gasteiger partial charge in [0.2, 0.25) is 10.0 Å². The predicted octanol–water partition coefficient (Wildman–Crippen LogP) is 2.16. The van der Waals surface area contributed by atoms with Gasteiger partial charge in [0.1, 0.15) is 22.3 Å². The van der Waals surface area contributed by atoms with E-state index in [-0.39, 0.29) is 11.3 Å². The van der Waals surface area contributed by atoms with E-state index < -0.39 is 38.9 Å². The lowest BCUT2D eigenvalue weighted by atomic mass is 10.2. The number of hydrogen-bond acceptors (Lipinski definition) is 3.